The minimum atomic E-state index is -3.54. The first-order valence-corrected chi connectivity index (χ1v) is 8.51. The van der Waals surface area contributed by atoms with Crippen LogP contribution in [0.25, 0.3) is 0 Å². The van der Waals surface area contributed by atoms with Crippen molar-refractivity contribution in [2.75, 3.05) is 6.54 Å². The molecule has 0 amide bonds. The van der Waals surface area contributed by atoms with Gasteiger partial charge in [0, 0.05) is 11.4 Å². The van der Waals surface area contributed by atoms with Crippen molar-refractivity contribution in [3.63, 3.8) is 0 Å². The number of benzene rings is 1. The summed E-state index contributed by atoms with van der Waals surface area (Å²) in [7, 11) is -3.54. The Morgan fingerprint density at radius 1 is 1.32 bits per heavy atom. The van der Waals surface area contributed by atoms with E-state index in [2.05, 4.69) is 4.72 Å². The molecule has 0 radical (unpaired) electrons. The van der Waals surface area contributed by atoms with Gasteiger partial charge in [-0.2, -0.15) is 0 Å². The predicted octanol–water partition coefficient (Wildman–Crippen LogP) is 3.23. The lowest BCUT2D eigenvalue weighted by Gasteiger charge is -2.08. The van der Waals surface area contributed by atoms with Gasteiger partial charge in [-0.25, -0.2) is 13.1 Å². The molecule has 1 aromatic carbocycles. The number of nitrogens with one attached hydrogen (secondary N) is 1. The maximum absolute atomic E-state index is 12.1. The van der Waals surface area contributed by atoms with Gasteiger partial charge in [0.15, 0.2) is 0 Å². The molecule has 0 aliphatic heterocycles. The van der Waals surface area contributed by atoms with E-state index >= 15 is 0 Å². The molecule has 1 heterocycles. The summed E-state index contributed by atoms with van der Waals surface area (Å²) in [5.41, 5.74) is 0.933. The van der Waals surface area contributed by atoms with Gasteiger partial charge in [-0.15, -0.1) is 11.3 Å². The average Bonchev–Trinajstić information content (AvgIpc) is 2.81. The van der Waals surface area contributed by atoms with Crippen molar-refractivity contribution < 1.29 is 8.42 Å². The zero-order valence-electron chi connectivity index (χ0n) is 10.4. The van der Waals surface area contributed by atoms with E-state index < -0.39 is 10.0 Å². The van der Waals surface area contributed by atoms with Crippen LogP contribution in [0.5, 0.6) is 0 Å². The van der Waals surface area contributed by atoms with E-state index in [1.165, 1.54) is 6.07 Å². The third kappa shape index (κ3) is 3.79. The van der Waals surface area contributed by atoms with E-state index in [0.29, 0.717) is 13.0 Å². The number of aryl methyl sites for hydroxylation is 1. The first kappa shape index (κ1) is 14.5. The van der Waals surface area contributed by atoms with Crippen molar-refractivity contribution in [2.45, 2.75) is 18.2 Å². The molecule has 0 atom stereocenters. The van der Waals surface area contributed by atoms with E-state index in [9.17, 15) is 8.42 Å². The summed E-state index contributed by atoms with van der Waals surface area (Å²) < 4.78 is 26.8. The second kappa shape index (κ2) is 6.05. The first-order chi connectivity index (χ1) is 8.99. The fourth-order valence-corrected chi connectivity index (χ4v) is 4.00. The van der Waals surface area contributed by atoms with Crippen molar-refractivity contribution in [1.82, 2.24) is 4.72 Å². The van der Waals surface area contributed by atoms with Gasteiger partial charge < -0.3 is 0 Å². The maximum atomic E-state index is 12.1. The summed E-state index contributed by atoms with van der Waals surface area (Å²) in [6.07, 6.45) is 0.681. The first-order valence-electron chi connectivity index (χ1n) is 5.77. The van der Waals surface area contributed by atoms with Crippen molar-refractivity contribution in [3.05, 3.63) is 51.2 Å². The van der Waals surface area contributed by atoms with Gasteiger partial charge in [0.2, 0.25) is 10.0 Å². The SMILES string of the molecule is Cc1ccc(S(=O)(=O)NCCc2cccs2)c(Cl)c1. The Bertz CT molecular complexity index is 651. The Morgan fingerprint density at radius 3 is 2.74 bits per heavy atom. The van der Waals surface area contributed by atoms with E-state index in [0.717, 1.165) is 10.4 Å². The Hall–Kier alpha value is -0.880. The van der Waals surface area contributed by atoms with Gasteiger partial charge in [-0.3, -0.25) is 0 Å². The van der Waals surface area contributed by atoms with Crippen LogP contribution in [0.4, 0.5) is 0 Å². The molecule has 0 aliphatic carbocycles. The third-order valence-electron chi connectivity index (χ3n) is 2.62. The molecule has 102 valence electrons. The number of hydrogen-bond donors (Lipinski definition) is 1. The zero-order valence-corrected chi connectivity index (χ0v) is 12.8. The highest BCUT2D eigenvalue weighted by Crippen LogP contribution is 2.22. The molecule has 0 aliphatic rings. The smallest absolute Gasteiger partial charge is 0.211 e. The number of rotatable bonds is 5. The van der Waals surface area contributed by atoms with Crippen LogP contribution in [0, 0.1) is 6.92 Å². The normalized spacial score (nSPS) is 11.7. The fraction of sp³-hybridized carbons (Fsp3) is 0.231. The molecule has 0 unspecified atom stereocenters. The average molecular weight is 316 g/mol. The van der Waals surface area contributed by atoms with Crippen molar-refractivity contribution in [2.24, 2.45) is 0 Å². The second-order valence-corrected chi connectivity index (χ2v) is 7.34. The number of hydrogen-bond acceptors (Lipinski definition) is 3. The van der Waals surface area contributed by atoms with E-state index in [-0.39, 0.29) is 9.92 Å². The molecule has 0 bridgehead atoms. The molecule has 0 fully saturated rings. The molecule has 0 saturated heterocycles. The molecule has 2 aromatic rings. The highest BCUT2D eigenvalue weighted by atomic mass is 35.5. The molecule has 0 spiro atoms. The van der Waals surface area contributed by atoms with Crippen molar-refractivity contribution in [1.29, 1.82) is 0 Å². The maximum Gasteiger partial charge on any atom is 0.242 e. The number of thiophene rings is 1. The summed E-state index contributed by atoms with van der Waals surface area (Å²) in [4.78, 5) is 1.28. The molecule has 19 heavy (non-hydrogen) atoms. The molecule has 2 rings (SSSR count). The quantitative estimate of drug-likeness (QED) is 0.920. The van der Waals surface area contributed by atoms with Gasteiger partial charge in [0.1, 0.15) is 4.90 Å². The van der Waals surface area contributed by atoms with Crippen LogP contribution in [0.2, 0.25) is 5.02 Å². The highest BCUT2D eigenvalue weighted by Gasteiger charge is 2.17. The standard InChI is InChI=1S/C13H14ClNO2S2/c1-10-4-5-13(12(14)9-10)19(16,17)15-7-6-11-3-2-8-18-11/h2-5,8-9,15H,6-7H2,1H3. The summed E-state index contributed by atoms with van der Waals surface area (Å²) in [6.45, 7) is 2.24. The lowest BCUT2D eigenvalue weighted by Crippen LogP contribution is -2.26. The minimum absolute atomic E-state index is 0.131. The molecular weight excluding hydrogens is 302 g/mol. The topological polar surface area (TPSA) is 46.2 Å². The Balaban J connectivity index is 2.05. The molecule has 6 heteroatoms. The highest BCUT2D eigenvalue weighted by molar-refractivity contribution is 7.89. The zero-order chi connectivity index (χ0) is 13.9. The van der Waals surface area contributed by atoms with Crippen LogP contribution in [-0.2, 0) is 16.4 Å². The van der Waals surface area contributed by atoms with Crippen LogP contribution < -0.4 is 4.72 Å². The van der Waals surface area contributed by atoms with Gasteiger partial charge in [0.05, 0.1) is 5.02 Å². The predicted molar refractivity (Wildman–Crippen MR) is 79.4 cm³/mol. The van der Waals surface area contributed by atoms with Gasteiger partial charge in [0.25, 0.3) is 0 Å². The van der Waals surface area contributed by atoms with E-state index in [4.69, 9.17) is 11.6 Å². The Kier molecular flexibility index (Phi) is 4.62. The monoisotopic (exact) mass is 315 g/mol. The van der Waals surface area contributed by atoms with Gasteiger partial charge >= 0.3 is 0 Å². The van der Waals surface area contributed by atoms with Crippen molar-refractivity contribution >= 4 is 33.0 Å². The van der Waals surface area contributed by atoms with Crippen LogP contribution in [-0.4, -0.2) is 15.0 Å². The Labute approximate surface area is 122 Å². The number of sulfonamides is 1. The molecule has 1 aromatic heterocycles. The largest absolute Gasteiger partial charge is 0.242 e. The van der Waals surface area contributed by atoms with Crippen LogP contribution in [0.1, 0.15) is 10.4 Å². The lowest BCUT2D eigenvalue weighted by molar-refractivity contribution is 0.582. The summed E-state index contributed by atoms with van der Waals surface area (Å²) in [5, 5.41) is 2.23. The second-order valence-electron chi connectivity index (χ2n) is 4.16. The van der Waals surface area contributed by atoms with Crippen LogP contribution >= 0.6 is 22.9 Å². The van der Waals surface area contributed by atoms with Crippen molar-refractivity contribution in [3.8, 4) is 0 Å². The minimum Gasteiger partial charge on any atom is -0.211 e. The summed E-state index contributed by atoms with van der Waals surface area (Å²) in [6, 6.07) is 8.85. The fourth-order valence-electron chi connectivity index (χ4n) is 1.66. The van der Waals surface area contributed by atoms with E-state index in [1.54, 1.807) is 23.5 Å². The molecule has 1 N–H and O–H groups in total. The lowest BCUT2D eigenvalue weighted by atomic mass is 10.2. The third-order valence-corrected chi connectivity index (χ3v) is 5.50. The van der Waals surface area contributed by atoms with Crippen LogP contribution in [0.15, 0.2) is 40.6 Å². The number of halogens is 1. The molecule has 0 saturated carbocycles. The summed E-state index contributed by atoms with van der Waals surface area (Å²) in [5.74, 6) is 0. The Morgan fingerprint density at radius 2 is 2.11 bits per heavy atom. The van der Waals surface area contributed by atoms with Crippen LogP contribution in [0.3, 0.4) is 0 Å². The van der Waals surface area contributed by atoms with Gasteiger partial charge in [-0.05, 0) is 42.5 Å². The van der Waals surface area contributed by atoms with Gasteiger partial charge in [-0.1, -0.05) is 23.7 Å². The molecule has 3 nitrogen and oxygen atoms in total. The molecular formula is C13H14ClNO2S2. The van der Waals surface area contributed by atoms with E-state index in [1.807, 2.05) is 24.4 Å². The summed E-state index contributed by atoms with van der Waals surface area (Å²) >= 11 is 7.59.